The molecule has 0 spiro atoms. The molecule has 0 radical (unpaired) electrons. The summed E-state index contributed by atoms with van der Waals surface area (Å²) >= 11 is 7.54. The molecule has 0 saturated carbocycles. The first-order chi connectivity index (χ1) is 8.10. The molecule has 3 nitrogen and oxygen atoms in total. The van der Waals surface area contributed by atoms with Crippen LogP contribution in [0.1, 0.15) is 16.1 Å². The summed E-state index contributed by atoms with van der Waals surface area (Å²) in [5.41, 5.74) is 1.49. The number of halogens is 1. The van der Waals surface area contributed by atoms with Crippen molar-refractivity contribution in [1.82, 2.24) is 9.78 Å². The average Bonchev–Trinajstić information content (AvgIpc) is 2.58. The largest absolute Gasteiger partial charge is 0.298 e. The number of carbonyl (C=O) groups is 1. The minimum atomic E-state index is 0.476. The van der Waals surface area contributed by atoms with Crippen LogP contribution in [0.15, 0.2) is 34.2 Å². The number of hydrogen-bond donors (Lipinski definition) is 0. The number of aldehydes is 1. The molecule has 0 amide bonds. The van der Waals surface area contributed by atoms with E-state index in [1.807, 2.05) is 30.8 Å². The summed E-state index contributed by atoms with van der Waals surface area (Å²) in [7, 11) is 1.90. The Bertz CT molecular complexity index is 566. The van der Waals surface area contributed by atoms with Crippen molar-refractivity contribution in [2.75, 3.05) is 0 Å². The summed E-state index contributed by atoms with van der Waals surface area (Å²) in [6.07, 6.45) is 0.755. The first kappa shape index (κ1) is 12.2. The van der Waals surface area contributed by atoms with Gasteiger partial charge in [-0.1, -0.05) is 23.4 Å². The van der Waals surface area contributed by atoms with Gasteiger partial charge in [-0.15, -0.1) is 0 Å². The topological polar surface area (TPSA) is 34.9 Å². The molecule has 5 heteroatoms. The molecule has 0 fully saturated rings. The first-order valence-electron chi connectivity index (χ1n) is 5.03. The van der Waals surface area contributed by atoms with Crippen molar-refractivity contribution >= 4 is 29.6 Å². The molecule has 1 aromatic heterocycles. The Morgan fingerprint density at radius 1 is 1.41 bits per heavy atom. The third kappa shape index (κ3) is 2.70. The number of carbonyl (C=O) groups excluding carboxylic acids is 1. The van der Waals surface area contributed by atoms with Crippen molar-refractivity contribution in [2.24, 2.45) is 7.05 Å². The minimum Gasteiger partial charge on any atom is -0.298 e. The van der Waals surface area contributed by atoms with E-state index >= 15 is 0 Å². The van der Waals surface area contributed by atoms with E-state index in [0.29, 0.717) is 10.6 Å². The molecular formula is C12H11ClN2OS. The molecule has 0 N–H and O–H groups in total. The van der Waals surface area contributed by atoms with E-state index in [4.69, 9.17) is 11.6 Å². The van der Waals surface area contributed by atoms with E-state index in [1.54, 1.807) is 23.9 Å². The van der Waals surface area contributed by atoms with Crippen LogP contribution in [0.2, 0.25) is 5.02 Å². The Labute approximate surface area is 109 Å². The lowest BCUT2D eigenvalue weighted by atomic mass is 10.2. The number of aryl methyl sites for hydroxylation is 2. The maximum atomic E-state index is 10.6. The van der Waals surface area contributed by atoms with Crippen molar-refractivity contribution in [1.29, 1.82) is 0 Å². The van der Waals surface area contributed by atoms with Crippen molar-refractivity contribution < 1.29 is 4.79 Å². The Hall–Kier alpha value is -1.26. The Morgan fingerprint density at radius 2 is 2.18 bits per heavy atom. The van der Waals surface area contributed by atoms with E-state index in [1.165, 1.54) is 0 Å². The zero-order valence-corrected chi connectivity index (χ0v) is 11.0. The van der Waals surface area contributed by atoms with Crippen molar-refractivity contribution in [2.45, 2.75) is 16.8 Å². The lowest BCUT2D eigenvalue weighted by molar-refractivity contribution is 0.112. The molecular weight excluding hydrogens is 256 g/mol. The second-order valence-corrected chi connectivity index (χ2v) is 5.15. The highest BCUT2D eigenvalue weighted by Gasteiger charge is 2.06. The molecule has 0 aliphatic carbocycles. The normalized spacial score (nSPS) is 10.5. The zero-order valence-electron chi connectivity index (χ0n) is 9.48. The minimum absolute atomic E-state index is 0.476. The van der Waals surface area contributed by atoms with E-state index in [9.17, 15) is 4.79 Å². The van der Waals surface area contributed by atoms with Crippen LogP contribution in [0.4, 0.5) is 0 Å². The lowest BCUT2D eigenvalue weighted by Crippen LogP contribution is -1.92. The van der Waals surface area contributed by atoms with Crippen LogP contribution >= 0.6 is 23.4 Å². The van der Waals surface area contributed by atoms with Gasteiger partial charge in [-0.25, -0.2) is 0 Å². The molecule has 2 aromatic rings. The fourth-order valence-corrected chi connectivity index (χ4v) is 2.72. The van der Waals surface area contributed by atoms with E-state index < -0.39 is 0 Å². The fourth-order valence-electron chi connectivity index (χ4n) is 1.47. The van der Waals surface area contributed by atoms with Gasteiger partial charge in [-0.05, 0) is 31.2 Å². The maximum Gasteiger partial charge on any atom is 0.151 e. The van der Waals surface area contributed by atoms with Crippen LogP contribution in [-0.2, 0) is 7.05 Å². The molecule has 1 aromatic carbocycles. The van der Waals surface area contributed by atoms with Gasteiger partial charge in [0.1, 0.15) is 0 Å². The van der Waals surface area contributed by atoms with Crippen LogP contribution < -0.4 is 0 Å². The molecule has 1 heterocycles. The monoisotopic (exact) mass is 266 g/mol. The van der Waals surface area contributed by atoms with Gasteiger partial charge in [-0.2, -0.15) is 5.10 Å². The molecule has 0 aliphatic rings. The van der Waals surface area contributed by atoms with Crippen molar-refractivity contribution in [3.8, 4) is 0 Å². The second kappa shape index (κ2) is 4.94. The molecule has 88 valence electrons. The summed E-state index contributed by atoms with van der Waals surface area (Å²) in [6, 6.07) is 7.40. The fraction of sp³-hybridized carbons (Fsp3) is 0.167. The van der Waals surface area contributed by atoms with Gasteiger partial charge >= 0.3 is 0 Å². The molecule has 0 saturated heterocycles. The average molecular weight is 267 g/mol. The van der Waals surface area contributed by atoms with Gasteiger partial charge in [0.2, 0.25) is 0 Å². The standard InChI is InChI=1S/C12H11ClN2OS/c1-8-5-12(15(2)14-8)17-10-4-3-9(7-16)11(13)6-10/h3-7H,1-2H3. The van der Waals surface area contributed by atoms with Crippen LogP contribution in [0, 0.1) is 6.92 Å². The predicted molar refractivity (Wildman–Crippen MR) is 68.9 cm³/mol. The molecule has 0 bridgehead atoms. The summed E-state index contributed by atoms with van der Waals surface area (Å²) < 4.78 is 1.82. The molecule has 0 unspecified atom stereocenters. The molecule has 0 atom stereocenters. The number of benzene rings is 1. The SMILES string of the molecule is Cc1cc(Sc2ccc(C=O)c(Cl)c2)n(C)n1. The Morgan fingerprint density at radius 3 is 2.71 bits per heavy atom. The lowest BCUT2D eigenvalue weighted by Gasteiger charge is -2.03. The number of hydrogen-bond acceptors (Lipinski definition) is 3. The van der Waals surface area contributed by atoms with E-state index in [0.717, 1.165) is 21.9 Å². The van der Waals surface area contributed by atoms with Gasteiger partial charge < -0.3 is 0 Å². The van der Waals surface area contributed by atoms with Gasteiger partial charge in [0.15, 0.2) is 6.29 Å². The quantitative estimate of drug-likeness (QED) is 0.799. The second-order valence-electron chi connectivity index (χ2n) is 3.65. The highest BCUT2D eigenvalue weighted by atomic mass is 35.5. The third-order valence-corrected chi connectivity index (χ3v) is 3.69. The summed E-state index contributed by atoms with van der Waals surface area (Å²) in [5.74, 6) is 0. The van der Waals surface area contributed by atoms with Crippen LogP contribution in [0.5, 0.6) is 0 Å². The van der Waals surface area contributed by atoms with Gasteiger partial charge in [0.05, 0.1) is 15.7 Å². The van der Waals surface area contributed by atoms with E-state index in [-0.39, 0.29) is 0 Å². The van der Waals surface area contributed by atoms with Gasteiger partial charge in [0.25, 0.3) is 0 Å². The van der Waals surface area contributed by atoms with Crippen LogP contribution in [0.25, 0.3) is 0 Å². The third-order valence-electron chi connectivity index (χ3n) is 2.28. The molecule has 17 heavy (non-hydrogen) atoms. The van der Waals surface area contributed by atoms with Crippen molar-refractivity contribution in [3.63, 3.8) is 0 Å². The van der Waals surface area contributed by atoms with Crippen LogP contribution in [0.3, 0.4) is 0 Å². The number of rotatable bonds is 3. The highest BCUT2D eigenvalue weighted by Crippen LogP contribution is 2.30. The Balaban J connectivity index is 2.27. The smallest absolute Gasteiger partial charge is 0.151 e. The predicted octanol–water partition coefficient (Wildman–Crippen LogP) is 3.35. The first-order valence-corrected chi connectivity index (χ1v) is 6.23. The van der Waals surface area contributed by atoms with E-state index in [2.05, 4.69) is 5.10 Å². The zero-order chi connectivity index (χ0) is 12.4. The molecule has 2 rings (SSSR count). The summed E-state index contributed by atoms with van der Waals surface area (Å²) in [6.45, 7) is 1.95. The number of nitrogens with zero attached hydrogens (tertiary/aromatic N) is 2. The van der Waals surface area contributed by atoms with Crippen molar-refractivity contribution in [3.05, 3.63) is 40.5 Å². The maximum absolute atomic E-state index is 10.6. The highest BCUT2D eigenvalue weighted by molar-refractivity contribution is 7.99. The van der Waals surface area contributed by atoms with Gasteiger partial charge in [-0.3, -0.25) is 9.48 Å². The Kier molecular flexibility index (Phi) is 3.54. The summed E-state index contributed by atoms with van der Waals surface area (Å²) in [5, 5.41) is 5.79. The van der Waals surface area contributed by atoms with Crippen LogP contribution in [-0.4, -0.2) is 16.1 Å². The summed E-state index contributed by atoms with van der Waals surface area (Å²) in [4.78, 5) is 11.6. The van der Waals surface area contributed by atoms with Gasteiger partial charge in [0, 0.05) is 17.5 Å². The molecule has 0 aliphatic heterocycles. The number of aromatic nitrogens is 2.